The van der Waals surface area contributed by atoms with Crippen molar-refractivity contribution in [2.45, 2.75) is 25.3 Å². The Balaban J connectivity index is 1.78. The monoisotopic (exact) mass is 439 g/mol. The summed E-state index contributed by atoms with van der Waals surface area (Å²) in [6.45, 7) is -1.88. The first-order valence-electron chi connectivity index (χ1n) is 9.49. The molecule has 2 aromatic rings. The summed E-state index contributed by atoms with van der Waals surface area (Å²) in [4.78, 5) is 6.06. The maximum Gasteiger partial charge on any atom is 0.387 e. The molecule has 0 radical (unpaired) electrons. The third kappa shape index (κ3) is 8.36. The molecule has 6 nitrogen and oxygen atoms in total. The van der Waals surface area contributed by atoms with E-state index < -0.39 is 16.4 Å². The standard InChI is InChI=1S/C21H27F2N3O3S/c1-24-21(26(2)15-17-9-11-19(12-10-17)29-20(22)23)25-13-6-14-30(27,28)16-18-7-4-3-5-8-18/h3-5,7-12,20H,6,13-16H2,1-2H3,(H,24,25). The molecule has 0 spiro atoms. The average molecular weight is 440 g/mol. The minimum Gasteiger partial charge on any atom is -0.435 e. The largest absolute Gasteiger partial charge is 0.435 e. The fraction of sp³-hybridized carbons (Fsp3) is 0.381. The van der Waals surface area contributed by atoms with Crippen LogP contribution >= 0.6 is 0 Å². The first-order valence-corrected chi connectivity index (χ1v) is 11.3. The topological polar surface area (TPSA) is 71.0 Å². The van der Waals surface area contributed by atoms with E-state index in [9.17, 15) is 17.2 Å². The molecule has 9 heteroatoms. The summed E-state index contributed by atoms with van der Waals surface area (Å²) in [5.74, 6) is 0.841. The average Bonchev–Trinajstić information content (AvgIpc) is 2.69. The fourth-order valence-corrected chi connectivity index (χ4v) is 4.33. The summed E-state index contributed by atoms with van der Waals surface area (Å²) < 4.78 is 53.3. The number of rotatable bonds is 10. The van der Waals surface area contributed by atoms with Crippen LogP contribution in [0.15, 0.2) is 59.6 Å². The lowest BCUT2D eigenvalue weighted by Crippen LogP contribution is -2.39. The van der Waals surface area contributed by atoms with Crippen molar-refractivity contribution < 1.29 is 21.9 Å². The van der Waals surface area contributed by atoms with Gasteiger partial charge in [-0.1, -0.05) is 42.5 Å². The van der Waals surface area contributed by atoms with Gasteiger partial charge in [-0.15, -0.1) is 0 Å². The van der Waals surface area contributed by atoms with E-state index in [2.05, 4.69) is 15.0 Å². The van der Waals surface area contributed by atoms with Gasteiger partial charge in [-0.25, -0.2) is 8.42 Å². The fourth-order valence-electron chi connectivity index (χ4n) is 2.90. The summed E-state index contributed by atoms with van der Waals surface area (Å²) in [6, 6.07) is 15.5. The van der Waals surface area contributed by atoms with Gasteiger partial charge in [0, 0.05) is 27.2 Å². The Labute approximate surface area is 176 Å². The zero-order valence-corrected chi connectivity index (χ0v) is 17.9. The van der Waals surface area contributed by atoms with Crippen molar-refractivity contribution in [3.63, 3.8) is 0 Å². The van der Waals surface area contributed by atoms with Crippen molar-refractivity contribution in [2.24, 2.45) is 4.99 Å². The summed E-state index contributed by atoms with van der Waals surface area (Å²) in [7, 11) is 0.302. The highest BCUT2D eigenvalue weighted by atomic mass is 32.2. The summed E-state index contributed by atoms with van der Waals surface area (Å²) in [6.07, 6.45) is 0.460. The first kappa shape index (κ1) is 23.6. The van der Waals surface area contributed by atoms with Crippen LogP contribution in [-0.4, -0.2) is 52.3 Å². The molecule has 2 aromatic carbocycles. The molecular formula is C21H27F2N3O3S. The highest BCUT2D eigenvalue weighted by Crippen LogP contribution is 2.15. The molecule has 164 valence electrons. The van der Waals surface area contributed by atoms with Crippen LogP contribution in [-0.2, 0) is 22.1 Å². The number of aliphatic imine (C=N–C) groups is 1. The molecule has 0 aliphatic heterocycles. The Morgan fingerprint density at radius 1 is 1.10 bits per heavy atom. The number of halogens is 2. The molecule has 0 bridgehead atoms. The maximum absolute atomic E-state index is 12.3. The van der Waals surface area contributed by atoms with Crippen molar-refractivity contribution in [3.8, 4) is 5.75 Å². The second-order valence-electron chi connectivity index (χ2n) is 6.78. The van der Waals surface area contributed by atoms with Gasteiger partial charge in [0.25, 0.3) is 0 Å². The van der Waals surface area contributed by atoms with Crippen LogP contribution in [0.1, 0.15) is 17.5 Å². The SMILES string of the molecule is CN=C(NCCCS(=O)(=O)Cc1ccccc1)N(C)Cc1ccc(OC(F)F)cc1. The molecule has 0 aromatic heterocycles. The third-order valence-corrected chi connectivity index (χ3v) is 5.97. The predicted octanol–water partition coefficient (Wildman–Crippen LogP) is 3.30. The zero-order chi connectivity index (χ0) is 22.0. The van der Waals surface area contributed by atoms with Crippen LogP contribution in [0.5, 0.6) is 5.75 Å². The van der Waals surface area contributed by atoms with Gasteiger partial charge in [0.2, 0.25) is 0 Å². The number of alkyl halides is 2. The molecule has 30 heavy (non-hydrogen) atoms. The van der Waals surface area contributed by atoms with Crippen LogP contribution in [0.3, 0.4) is 0 Å². The normalized spacial score (nSPS) is 12.1. The van der Waals surface area contributed by atoms with Gasteiger partial charge in [0.15, 0.2) is 15.8 Å². The lowest BCUT2D eigenvalue weighted by Gasteiger charge is -2.22. The number of hydrogen-bond acceptors (Lipinski definition) is 4. The molecule has 0 fully saturated rings. The molecule has 0 saturated heterocycles. The molecular weight excluding hydrogens is 412 g/mol. The highest BCUT2D eigenvalue weighted by molar-refractivity contribution is 7.90. The molecule has 1 N–H and O–H groups in total. The minimum absolute atomic E-state index is 0.0355. The number of hydrogen-bond donors (Lipinski definition) is 1. The Hall–Kier alpha value is -2.68. The van der Waals surface area contributed by atoms with Gasteiger partial charge in [-0.05, 0) is 29.7 Å². The van der Waals surface area contributed by atoms with Gasteiger partial charge in [-0.3, -0.25) is 4.99 Å². The molecule has 0 heterocycles. The number of sulfone groups is 1. The van der Waals surface area contributed by atoms with Crippen molar-refractivity contribution in [1.29, 1.82) is 0 Å². The van der Waals surface area contributed by atoms with Crippen molar-refractivity contribution in [3.05, 3.63) is 65.7 Å². The Morgan fingerprint density at radius 3 is 2.37 bits per heavy atom. The van der Waals surface area contributed by atoms with E-state index >= 15 is 0 Å². The van der Waals surface area contributed by atoms with Crippen molar-refractivity contribution in [1.82, 2.24) is 10.2 Å². The second kappa shape index (κ2) is 11.5. The van der Waals surface area contributed by atoms with Crippen LogP contribution in [0.4, 0.5) is 8.78 Å². The quantitative estimate of drug-likeness (QED) is 0.349. The van der Waals surface area contributed by atoms with E-state index in [1.165, 1.54) is 12.1 Å². The lowest BCUT2D eigenvalue weighted by molar-refractivity contribution is -0.0498. The van der Waals surface area contributed by atoms with Crippen LogP contribution in [0, 0.1) is 0 Å². The Bertz CT molecular complexity index is 905. The van der Waals surface area contributed by atoms with Crippen LogP contribution in [0.25, 0.3) is 0 Å². The number of nitrogens with zero attached hydrogens (tertiary/aromatic N) is 2. The molecule has 0 unspecified atom stereocenters. The van der Waals surface area contributed by atoms with Crippen molar-refractivity contribution in [2.75, 3.05) is 26.4 Å². The van der Waals surface area contributed by atoms with Crippen molar-refractivity contribution >= 4 is 15.8 Å². The van der Waals surface area contributed by atoms with Gasteiger partial charge < -0.3 is 15.0 Å². The Morgan fingerprint density at radius 2 is 1.77 bits per heavy atom. The number of nitrogens with one attached hydrogen (secondary N) is 1. The van der Waals surface area contributed by atoms with Gasteiger partial charge in [0.05, 0.1) is 11.5 Å². The van der Waals surface area contributed by atoms with E-state index in [1.54, 1.807) is 31.3 Å². The van der Waals surface area contributed by atoms with E-state index in [1.807, 2.05) is 30.1 Å². The van der Waals surface area contributed by atoms with E-state index in [0.717, 1.165) is 11.1 Å². The molecule has 0 amide bonds. The number of ether oxygens (including phenoxy) is 1. The van der Waals surface area contributed by atoms with E-state index in [-0.39, 0.29) is 17.3 Å². The van der Waals surface area contributed by atoms with E-state index in [0.29, 0.717) is 25.5 Å². The van der Waals surface area contributed by atoms with Crippen LogP contribution in [0.2, 0.25) is 0 Å². The number of guanidine groups is 1. The molecule has 0 aliphatic rings. The van der Waals surface area contributed by atoms with Gasteiger partial charge >= 0.3 is 6.61 Å². The summed E-state index contributed by atoms with van der Waals surface area (Å²) in [5.41, 5.74) is 1.68. The minimum atomic E-state index is -3.18. The Kier molecular flexibility index (Phi) is 9.04. The smallest absolute Gasteiger partial charge is 0.387 e. The third-order valence-electron chi connectivity index (χ3n) is 4.29. The second-order valence-corrected chi connectivity index (χ2v) is 8.97. The highest BCUT2D eigenvalue weighted by Gasteiger charge is 2.12. The first-order chi connectivity index (χ1) is 14.3. The van der Waals surface area contributed by atoms with E-state index in [4.69, 9.17) is 0 Å². The van der Waals surface area contributed by atoms with Crippen LogP contribution < -0.4 is 10.1 Å². The molecule has 0 atom stereocenters. The lowest BCUT2D eigenvalue weighted by atomic mass is 10.2. The molecule has 0 saturated carbocycles. The predicted molar refractivity (Wildman–Crippen MR) is 114 cm³/mol. The van der Waals surface area contributed by atoms with Gasteiger partial charge in [0.1, 0.15) is 5.75 Å². The summed E-state index contributed by atoms with van der Waals surface area (Å²) in [5, 5.41) is 3.15. The maximum atomic E-state index is 12.3. The number of benzene rings is 2. The molecule has 2 rings (SSSR count). The van der Waals surface area contributed by atoms with Gasteiger partial charge in [-0.2, -0.15) is 8.78 Å². The molecule has 0 aliphatic carbocycles. The zero-order valence-electron chi connectivity index (χ0n) is 17.1. The summed E-state index contributed by atoms with van der Waals surface area (Å²) >= 11 is 0.